The van der Waals surface area contributed by atoms with Gasteiger partial charge in [0.2, 0.25) is 16.7 Å². The highest BCUT2D eigenvalue weighted by Gasteiger charge is 2.53. The number of amides is 2. The molecular formula is C24H27N8O11PS4. The number of aromatic nitrogens is 4. The smallest absolute Gasteiger partial charge is 0.429 e. The predicted octanol–water partition coefficient (Wildman–Crippen LogP) is -0.849. The Hall–Kier alpha value is -3.96. The molecule has 0 radical (unpaired) electrons. The number of anilines is 1. The van der Waals surface area contributed by atoms with Crippen LogP contribution in [0, 0.1) is 0 Å². The fourth-order valence-electron chi connectivity index (χ4n) is 3.89. The molecule has 1 saturated heterocycles. The molecule has 2 atom stereocenters. The van der Waals surface area contributed by atoms with E-state index in [-0.39, 0.29) is 34.5 Å². The third-order valence-electron chi connectivity index (χ3n) is 5.76. The minimum Gasteiger partial charge on any atom is -0.543 e. The van der Waals surface area contributed by atoms with Gasteiger partial charge < -0.3 is 40.4 Å². The van der Waals surface area contributed by atoms with Crippen molar-refractivity contribution in [2.45, 2.75) is 29.6 Å². The molecule has 2 aliphatic rings. The number of oxime groups is 1. The number of carbonyl (C=O) groups is 4. The van der Waals surface area contributed by atoms with Crippen molar-refractivity contribution in [1.82, 2.24) is 24.6 Å². The summed E-state index contributed by atoms with van der Waals surface area (Å²) in [4.78, 5) is 80.5. The molecule has 0 unspecified atom stereocenters. The van der Waals surface area contributed by atoms with E-state index in [9.17, 15) is 24.1 Å². The zero-order valence-electron chi connectivity index (χ0n) is 24.9. The number of aryl methyl sites for hydroxylation is 1. The highest BCUT2D eigenvalue weighted by Crippen LogP contribution is 2.45. The second-order valence-corrected chi connectivity index (χ2v) is 14.6. The summed E-state index contributed by atoms with van der Waals surface area (Å²) in [5.41, 5.74) is 0.906. The highest BCUT2D eigenvalue weighted by atomic mass is 32.2. The van der Waals surface area contributed by atoms with Crippen molar-refractivity contribution >= 4 is 88.7 Å². The molecule has 19 nitrogen and oxygen atoms in total. The molecule has 2 amide bonds. The van der Waals surface area contributed by atoms with E-state index < -0.39 is 48.6 Å². The number of thiazole rings is 1. The van der Waals surface area contributed by atoms with E-state index in [2.05, 4.69) is 24.8 Å². The monoisotopic (exact) mass is 762 g/mol. The molecule has 2 aliphatic heterocycles. The summed E-state index contributed by atoms with van der Waals surface area (Å²) in [5.74, 6) is -4.03. The summed E-state index contributed by atoms with van der Waals surface area (Å²) in [7, 11) is -2.78. The van der Waals surface area contributed by atoms with Gasteiger partial charge in [0.1, 0.15) is 25.1 Å². The average Bonchev–Trinajstić information content (AvgIpc) is 3.64. The molecule has 5 rings (SSSR count). The maximum atomic E-state index is 13.1. The molecule has 0 aliphatic carbocycles. The van der Waals surface area contributed by atoms with E-state index in [4.69, 9.17) is 24.5 Å². The van der Waals surface area contributed by atoms with E-state index in [0.29, 0.717) is 20.8 Å². The van der Waals surface area contributed by atoms with Crippen molar-refractivity contribution in [3.8, 4) is 11.3 Å². The minimum absolute atomic E-state index is 0. The van der Waals surface area contributed by atoms with Crippen LogP contribution in [0.25, 0.3) is 11.3 Å². The van der Waals surface area contributed by atoms with Crippen LogP contribution in [0.3, 0.4) is 0 Å². The second kappa shape index (κ2) is 16.4. The summed E-state index contributed by atoms with van der Waals surface area (Å²) in [6, 6.07) is 2.72. The van der Waals surface area contributed by atoms with Gasteiger partial charge in [0.15, 0.2) is 16.7 Å². The highest BCUT2D eigenvalue weighted by molar-refractivity contribution is 8.07. The van der Waals surface area contributed by atoms with Gasteiger partial charge in [-0.3, -0.25) is 24.4 Å². The van der Waals surface area contributed by atoms with Gasteiger partial charge in [0.25, 0.3) is 17.8 Å². The Balaban J connectivity index is 0.00000118. The first-order valence-corrected chi connectivity index (χ1v) is 18.2. The van der Waals surface area contributed by atoms with Gasteiger partial charge in [-0.05, 0) is 6.92 Å². The molecule has 3 aromatic heterocycles. The van der Waals surface area contributed by atoms with Crippen LogP contribution in [0.5, 0.6) is 0 Å². The summed E-state index contributed by atoms with van der Waals surface area (Å²) < 4.78 is 17.6. The summed E-state index contributed by atoms with van der Waals surface area (Å²) >= 11 is 4.31. The molecule has 0 saturated carbocycles. The molecule has 5 heterocycles. The molecule has 7 N–H and O–H groups in total. The topological polar surface area (TPSA) is 292 Å². The number of thioether (sulfide) groups is 2. The van der Waals surface area contributed by atoms with Gasteiger partial charge in [-0.2, -0.15) is 9.36 Å². The lowest BCUT2D eigenvalue weighted by molar-refractivity contribution is -0.671. The first kappa shape index (κ1) is 38.5. The number of pyridine rings is 1. The number of nitrogens with zero attached hydrogens (tertiary/aromatic N) is 6. The van der Waals surface area contributed by atoms with Crippen LogP contribution in [-0.4, -0.2) is 92.9 Å². The molecule has 258 valence electrons. The Morgan fingerprint density at radius 2 is 1.94 bits per heavy atom. The van der Waals surface area contributed by atoms with Gasteiger partial charge in [0.05, 0.1) is 17.4 Å². The van der Waals surface area contributed by atoms with Crippen LogP contribution >= 0.6 is 54.1 Å². The van der Waals surface area contributed by atoms with Crippen molar-refractivity contribution in [2.24, 2.45) is 12.2 Å². The molecule has 48 heavy (non-hydrogen) atoms. The SMILES string of the molecule is CC(=O)O.CCO/N=C(/C(=O)N[C@@H]1C(=O)N2C(C(=O)[O-])=C(Sc3nc(-c4cc[n+](C)cc4)cs3)CS[C@H]12)c1nsc(NP(=O)(O)O)n1.O. The number of carboxylic acids is 2. The van der Waals surface area contributed by atoms with Crippen molar-refractivity contribution in [3.05, 3.63) is 46.3 Å². The summed E-state index contributed by atoms with van der Waals surface area (Å²) in [5, 5.41) is 28.5. The Kier molecular flexibility index (Phi) is 13.2. The quantitative estimate of drug-likeness (QED) is 0.0523. The largest absolute Gasteiger partial charge is 0.543 e. The van der Waals surface area contributed by atoms with Gasteiger partial charge in [-0.25, -0.2) is 14.1 Å². The minimum atomic E-state index is -4.68. The van der Waals surface area contributed by atoms with Crippen LogP contribution in [0.1, 0.15) is 19.7 Å². The maximum absolute atomic E-state index is 13.1. The standard InChI is InChI=1S/C22H21N8O8PS4.C2H4O2.H2O/c1-3-38-26-13(16-25-21(43-28-16)27-39(35,36)37)17(31)24-14-18(32)30-15(20(33)34)12(9-40-19(14)30)42-22-23-11(8-41-22)10-4-6-29(2)7-5-10;1-2(3)4;/h4-8,14,19H,3,9H2,1-2H3,(H4-,24,25,27,28,31,33,34,35,36,37);1H3,(H,3,4);1H2/b26-13+;;/t14-,19-;;/m1../s1. The molecule has 0 spiro atoms. The zero-order chi connectivity index (χ0) is 34.5. The lowest BCUT2D eigenvalue weighted by Crippen LogP contribution is -2.71. The number of carboxylic acid groups (broad SMARTS) is 2. The Morgan fingerprint density at radius 1 is 1.27 bits per heavy atom. The fourth-order valence-corrected chi connectivity index (χ4v) is 8.59. The lowest BCUT2D eigenvalue weighted by atomic mass is 10.0. The third-order valence-corrected chi connectivity index (χ3v) is 10.5. The number of hydrogen-bond donors (Lipinski definition) is 5. The van der Waals surface area contributed by atoms with Crippen molar-refractivity contribution < 1.29 is 58.6 Å². The van der Waals surface area contributed by atoms with Crippen molar-refractivity contribution in [2.75, 3.05) is 17.4 Å². The van der Waals surface area contributed by atoms with Crippen LogP contribution in [0.15, 0.2) is 50.0 Å². The van der Waals surface area contributed by atoms with E-state index >= 15 is 0 Å². The van der Waals surface area contributed by atoms with Crippen LogP contribution in [0.4, 0.5) is 5.13 Å². The van der Waals surface area contributed by atoms with Crippen molar-refractivity contribution in [1.29, 1.82) is 0 Å². The Labute approximate surface area is 287 Å². The number of fused-ring (bicyclic) bond motifs is 1. The average molecular weight is 763 g/mol. The normalized spacial score (nSPS) is 17.2. The van der Waals surface area contributed by atoms with Gasteiger partial charge in [-0.15, -0.1) is 23.1 Å². The first-order chi connectivity index (χ1) is 22.2. The number of rotatable bonds is 11. The van der Waals surface area contributed by atoms with Gasteiger partial charge >= 0.3 is 7.75 Å². The lowest BCUT2D eigenvalue weighted by Gasteiger charge is -2.50. The fraction of sp³-hybridized carbons (Fsp3) is 0.292. The molecular weight excluding hydrogens is 736 g/mol. The Morgan fingerprint density at radius 3 is 2.54 bits per heavy atom. The van der Waals surface area contributed by atoms with E-state index in [1.54, 1.807) is 6.92 Å². The van der Waals surface area contributed by atoms with E-state index in [1.165, 1.54) is 23.1 Å². The van der Waals surface area contributed by atoms with Crippen LogP contribution in [0.2, 0.25) is 0 Å². The molecule has 0 bridgehead atoms. The third kappa shape index (κ3) is 9.56. The summed E-state index contributed by atoms with van der Waals surface area (Å²) in [6.07, 6.45) is 3.78. The Bertz CT molecular complexity index is 1790. The molecule has 24 heteroatoms. The van der Waals surface area contributed by atoms with E-state index in [1.807, 2.05) is 46.6 Å². The number of carbonyl (C=O) groups excluding carboxylic acids is 3. The molecule has 3 aromatic rings. The number of β-lactam (4-membered cyclic amide) rings is 1. The predicted molar refractivity (Wildman–Crippen MR) is 172 cm³/mol. The second-order valence-electron chi connectivity index (χ2n) is 9.23. The molecule has 0 aromatic carbocycles. The number of hydrogen-bond acceptors (Lipinski definition) is 15. The van der Waals surface area contributed by atoms with Crippen molar-refractivity contribution in [3.63, 3.8) is 0 Å². The van der Waals surface area contributed by atoms with E-state index in [0.717, 1.165) is 34.8 Å². The first-order valence-electron chi connectivity index (χ1n) is 13.0. The van der Waals surface area contributed by atoms with Crippen LogP contribution in [-0.2, 0) is 35.6 Å². The maximum Gasteiger partial charge on any atom is 0.429 e. The van der Waals surface area contributed by atoms with Gasteiger partial charge in [-0.1, -0.05) is 16.9 Å². The zero-order valence-corrected chi connectivity index (χ0v) is 29.1. The summed E-state index contributed by atoms with van der Waals surface area (Å²) in [6.45, 7) is 2.77. The number of nitrogens with one attached hydrogen (secondary N) is 2. The number of aliphatic carboxylic acids is 2. The van der Waals surface area contributed by atoms with Crippen LogP contribution < -0.4 is 20.1 Å². The van der Waals surface area contributed by atoms with Gasteiger partial charge in [0, 0.05) is 52.2 Å². The molecule has 1 fully saturated rings.